The molecular formula is C39H68NaO8P. The summed E-state index contributed by atoms with van der Waals surface area (Å²) in [5.74, 6) is -0.956. The molecule has 0 aromatic rings. The van der Waals surface area contributed by atoms with E-state index in [0.29, 0.717) is 12.8 Å². The minimum absolute atomic E-state index is 0. The van der Waals surface area contributed by atoms with Gasteiger partial charge in [-0.1, -0.05) is 127 Å². The van der Waals surface area contributed by atoms with E-state index in [9.17, 15) is 19.0 Å². The molecule has 0 fully saturated rings. The number of rotatable bonds is 34. The van der Waals surface area contributed by atoms with E-state index in [1.165, 1.54) is 51.4 Å². The Labute approximate surface area is 321 Å². The molecule has 0 radical (unpaired) electrons. The van der Waals surface area contributed by atoms with Gasteiger partial charge in [0.05, 0.1) is 6.61 Å². The van der Waals surface area contributed by atoms with Crippen molar-refractivity contribution in [3.63, 3.8) is 0 Å². The Hall–Kier alpha value is -0.990. The fourth-order valence-corrected chi connectivity index (χ4v) is 5.31. The molecule has 0 heterocycles. The molecule has 0 aromatic carbocycles. The van der Waals surface area contributed by atoms with Crippen LogP contribution in [0.1, 0.15) is 168 Å². The van der Waals surface area contributed by atoms with Gasteiger partial charge in [-0.25, -0.2) is 0 Å². The van der Waals surface area contributed by atoms with Gasteiger partial charge in [0.15, 0.2) is 6.10 Å². The van der Waals surface area contributed by atoms with Gasteiger partial charge < -0.3 is 23.8 Å². The fraction of sp³-hybridized carbons (Fsp3) is 0.744. The SMILES string of the molecule is CCCCC/C=C/C/C=C/CCCCCCCC(=O)OCC(COP(=O)([O-])O)OC(=O)CCCCCCC/C=C/C/C=C/CCCCC.[Na+]. The smallest absolute Gasteiger partial charge is 0.756 e. The van der Waals surface area contributed by atoms with Gasteiger partial charge in [-0.15, -0.1) is 0 Å². The van der Waals surface area contributed by atoms with E-state index < -0.39 is 32.5 Å². The first-order chi connectivity index (χ1) is 23.3. The second kappa shape index (κ2) is 38.2. The molecule has 0 aliphatic rings. The maximum Gasteiger partial charge on any atom is 1.00 e. The summed E-state index contributed by atoms with van der Waals surface area (Å²) in [6, 6.07) is 0. The molecular weight excluding hydrogens is 650 g/mol. The van der Waals surface area contributed by atoms with Gasteiger partial charge in [0.1, 0.15) is 6.61 Å². The van der Waals surface area contributed by atoms with Crippen LogP contribution in [0.15, 0.2) is 48.6 Å². The van der Waals surface area contributed by atoms with E-state index in [-0.39, 0.29) is 49.0 Å². The average molecular weight is 719 g/mol. The maximum absolute atomic E-state index is 12.3. The molecule has 0 aromatic heterocycles. The van der Waals surface area contributed by atoms with E-state index in [2.05, 4.69) is 67.0 Å². The van der Waals surface area contributed by atoms with Crippen LogP contribution in [0.3, 0.4) is 0 Å². The van der Waals surface area contributed by atoms with Crippen LogP contribution in [-0.2, 0) is 28.2 Å². The van der Waals surface area contributed by atoms with Gasteiger partial charge >= 0.3 is 41.5 Å². The Morgan fingerprint density at radius 1 is 0.592 bits per heavy atom. The summed E-state index contributed by atoms with van der Waals surface area (Å²) in [5.41, 5.74) is 0. The first-order valence-electron chi connectivity index (χ1n) is 18.9. The molecule has 0 spiro atoms. The molecule has 2 atom stereocenters. The number of hydrogen-bond donors (Lipinski definition) is 1. The maximum atomic E-state index is 12.3. The Morgan fingerprint density at radius 2 is 0.980 bits per heavy atom. The number of allylic oxidation sites excluding steroid dienone is 8. The normalized spacial score (nSPS) is 13.7. The minimum Gasteiger partial charge on any atom is -0.756 e. The first kappa shape index (κ1) is 50.1. The molecule has 0 aliphatic heterocycles. The Kier molecular flexibility index (Phi) is 39.1. The van der Waals surface area contributed by atoms with Crippen molar-refractivity contribution in [3.05, 3.63) is 48.6 Å². The van der Waals surface area contributed by atoms with E-state index in [1.807, 2.05) is 0 Å². The molecule has 0 bridgehead atoms. The summed E-state index contributed by atoms with van der Waals surface area (Å²) >= 11 is 0. The topological polar surface area (TPSA) is 122 Å². The van der Waals surface area contributed by atoms with Gasteiger partial charge in [-0.3, -0.25) is 14.2 Å². The van der Waals surface area contributed by atoms with Crippen LogP contribution in [0.25, 0.3) is 0 Å². The molecule has 0 aliphatic carbocycles. The zero-order valence-corrected chi connectivity index (χ0v) is 34.2. The van der Waals surface area contributed by atoms with Crippen LogP contribution in [0, 0.1) is 0 Å². The quantitative estimate of drug-likeness (QED) is 0.0238. The van der Waals surface area contributed by atoms with E-state index in [1.54, 1.807) is 0 Å². The van der Waals surface area contributed by atoms with Gasteiger partial charge in [-0.2, -0.15) is 0 Å². The predicted molar refractivity (Wildman–Crippen MR) is 195 cm³/mol. The Morgan fingerprint density at radius 3 is 1.41 bits per heavy atom. The molecule has 2 unspecified atom stereocenters. The van der Waals surface area contributed by atoms with Crippen molar-refractivity contribution in [3.8, 4) is 0 Å². The predicted octanol–water partition coefficient (Wildman–Crippen LogP) is 7.55. The van der Waals surface area contributed by atoms with Crippen molar-refractivity contribution < 1.29 is 67.5 Å². The summed E-state index contributed by atoms with van der Waals surface area (Å²) < 4.78 is 26.0. The molecule has 49 heavy (non-hydrogen) atoms. The number of phosphoric ester groups is 1. The van der Waals surface area contributed by atoms with E-state index in [4.69, 9.17) is 14.4 Å². The number of carbonyl (C=O) groups is 2. The molecule has 0 saturated carbocycles. The van der Waals surface area contributed by atoms with Crippen molar-refractivity contribution in [2.45, 2.75) is 174 Å². The van der Waals surface area contributed by atoms with Crippen LogP contribution in [-0.4, -0.2) is 36.1 Å². The summed E-state index contributed by atoms with van der Waals surface area (Å²) in [5, 5.41) is 0. The number of phosphoric acid groups is 1. The van der Waals surface area contributed by atoms with Crippen molar-refractivity contribution in [2.75, 3.05) is 13.2 Å². The molecule has 0 rings (SSSR count). The van der Waals surface area contributed by atoms with Crippen molar-refractivity contribution >= 4 is 19.8 Å². The zero-order valence-electron chi connectivity index (χ0n) is 31.3. The van der Waals surface area contributed by atoms with Crippen molar-refractivity contribution in [2.24, 2.45) is 0 Å². The average Bonchev–Trinajstić information content (AvgIpc) is 3.05. The number of carbonyl (C=O) groups excluding carboxylic acids is 2. The number of hydrogen-bond acceptors (Lipinski definition) is 7. The van der Waals surface area contributed by atoms with Crippen LogP contribution in [0.4, 0.5) is 0 Å². The molecule has 8 nitrogen and oxygen atoms in total. The second-order valence-corrected chi connectivity index (χ2v) is 13.7. The van der Waals surface area contributed by atoms with Gasteiger partial charge in [0, 0.05) is 12.8 Å². The first-order valence-corrected chi connectivity index (χ1v) is 20.4. The van der Waals surface area contributed by atoms with Crippen molar-refractivity contribution in [1.29, 1.82) is 0 Å². The third-order valence-electron chi connectivity index (χ3n) is 7.81. The number of ether oxygens (including phenoxy) is 2. The van der Waals surface area contributed by atoms with Crippen molar-refractivity contribution in [1.82, 2.24) is 0 Å². The fourth-order valence-electron chi connectivity index (χ4n) is 4.96. The van der Waals surface area contributed by atoms with Crippen LogP contribution in [0.5, 0.6) is 0 Å². The molecule has 0 amide bonds. The third-order valence-corrected chi connectivity index (χ3v) is 8.29. The largest absolute Gasteiger partial charge is 1.00 e. The monoisotopic (exact) mass is 718 g/mol. The summed E-state index contributed by atoms with van der Waals surface area (Å²) in [6.45, 7) is 3.50. The third kappa shape index (κ3) is 41.3. The standard InChI is InChI=1S/C39H69O8P.Na/c1-3-5-7-9-11-13-15-17-19-21-23-25-27-29-31-33-38(40)45-35-37(36-46-48(42,43)44)47-39(41)34-32-30-28-26-24-22-20-18-16-14-12-10-8-6-4-2;/h11-14,17-20,37H,3-10,15-16,21-36H2,1-2H3,(H2,42,43,44);/q;+1/p-1/b13-11+,14-12+,19-17+,20-18+;. The summed E-state index contributed by atoms with van der Waals surface area (Å²) in [7, 11) is -5.01. The minimum atomic E-state index is -5.01. The Bertz CT molecular complexity index is 928. The van der Waals surface area contributed by atoms with Crippen LogP contribution >= 0.6 is 7.82 Å². The van der Waals surface area contributed by atoms with Gasteiger partial charge in [-0.05, 0) is 77.0 Å². The second-order valence-electron chi connectivity index (χ2n) is 12.5. The molecule has 1 N–H and O–H groups in total. The summed E-state index contributed by atoms with van der Waals surface area (Å²) in [6.07, 6.45) is 40.9. The van der Waals surface area contributed by atoms with Crippen LogP contribution in [0.2, 0.25) is 0 Å². The number of unbranched alkanes of at least 4 members (excludes halogenated alkanes) is 16. The molecule has 10 heteroatoms. The molecule has 0 saturated heterocycles. The Balaban J connectivity index is 0. The summed E-state index contributed by atoms with van der Waals surface area (Å²) in [4.78, 5) is 44.5. The number of esters is 2. The van der Waals surface area contributed by atoms with Crippen LogP contribution < -0.4 is 34.5 Å². The van der Waals surface area contributed by atoms with E-state index >= 15 is 0 Å². The van der Waals surface area contributed by atoms with Gasteiger partial charge in [0.2, 0.25) is 0 Å². The molecule has 278 valence electrons. The van der Waals surface area contributed by atoms with Gasteiger partial charge in [0.25, 0.3) is 7.82 Å². The van der Waals surface area contributed by atoms with E-state index in [0.717, 1.165) is 77.0 Å². The zero-order chi connectivity index (χ0) is 35.4.